The molecule has 2 aromatic rings. The SMILES string of the molecule is COc1cccc2c(CC(=O)NC(C)C)c[nH]c12. The zero-order valence-corrected chi connectivity index (χ0v) is 10.9. The van der Waals surface area contributed by atoms with E-state index in [0.717, 1.165) is 22.2 Å². The molecule has 4 heteroatoms. The second-order valence-corrected chi connectivity index (χ2v) is 4.60. The fourth-order valence-electron chi connectivity index (χ4n) is 2.05. The van der Waals surface area contributed by atoms with E-state index < -0.39 is 0 Å². The standard InChI is InChI=1S/C14H18N2O2/c1-9(2)16-13(17)7-10-8-15-14-11(10)5-4-6-12(14)18-3/h4-6,8-9,15H,7H2,1-3H3,(H,16,17). The van der Waals surface area contributed by atoms with Crippen LogP contribution in [0, 0.1) is 0 Å². The van der Waals surface area contributed by atoms with Crippen LogP contribution in [-0.4, -0.2) is 24.0 Å². The normalized spacial score (nSPS) is 10.9. The number of carbonyl (C=O) groups excluding carboxylic acids is 1. The third-order valence-corrected chi connectivity index (χ3v) is 2.78. The minimum atomic E-state index is 0.0359. The quantitative estimate of drug-likeness (QED) is 0.869. The molecule has 4 nitrogen and oxygen atoms in total. The zero-order valence-electron chi connectivity index (χ0n) is 10.9. The van der Waals surface area contributed by atoms with Gasteiger partial charge in [0.2, 0.25) is 5.91 Å². The van der Waals surface area contributed by atoms with Gasteiger partial charge in [0.15, 0.2) is 0 Å². The van der Waals surface area contributed by atoms with Gasteiger partial charge in [0.1, 0.15) is 5.75 Å². The molecule has 0 aliphatic heterocycles. The maximum absolute atomic E-state index is 11.8. The molecule has 2 N–H and O–H groups in total. The van der Waals surface area contributed by atoms with Crippen molar-refractivity contribution in [2.45, 2.75) is 26.3 Å². The van der Waals surface area contributed by atoms with Crippen molar-refractivity contribution >= 4 is 16.8 Å². The molecule has 1 amide bonds. The lowest BCUT2D eigenvalue weighted by Crippen LogP contribution is -2.31. The smallest absolute Gasteiger partial charge is 0.224 e. The van der Waals surface area contributed by atoms with Gasteiger partial charge in [-0.1, -0.05) is 12.1 Å². The van der Waals surface area contributed by atoms with Crippen molar-refractivity contribution in [3.05, 3.63) is 30.0 Å². The summed E-state index contributed by atoms with van der Waals surface area (Å²) in [6.07, 6.45) is 2.25. The minimum absolute atomic E-state index is 0.0359. The summed E-state index contributed by atoms with van der Waals surface area (Å²) in [7, 11) is 1.64. The van der Waals surface area contributed by atoms with Gasteiger partial charge in [-0.2, -0.15) is 0 Å². The Morgan fingerprint density at radius 1 is 1.44 bits per heavy atom. The van der Waals surface area contributed by atoms with Crippen LogP contribution in [0.2, 0.25) is 0 Å². The highest BCUT2D eigenvalue weighted by atomic mass is 16.5. The number of amides is 1. The van der Waals surface area contributed by atoms with Gasteiger partial charge in [0, 0.05) is 17.6 Å². The Morgan fingerprint density at radius 2 is 2.22 bits per heavy atom. The molecule has 0 fully saturated rings. The van der Waals surface area contributed by atoms with Crippen LogP contribution in [-0.2, 0) is 11.2 Å². The predicted molar refractivity (Wildman–Crippen MR) is 71.8 cm³/mol. The Bertz CT molecular complexity index is 558. The number of para-hydroxylation sites is 1. The molecule has 0 saturated carbocycles. The highest BCUT2D eigenvalue weighted by Gasteiger charge is 2.11. The topological polar surface area (TPSA) is 54.1 Å². The highest BCUT2D eigenvalue weighted by Crippen LogP contribution is 2.27. The molecule has 1 heterocycles. The molecule has 2 rings (SSSR count). The summed E-state index contributed by atoms with van der Waals surface area (Å²) in [5.41, 5.74) is 1.93. The number of ether oxygens (including phenoxy) is 1. The largest absolute Gasteiger partial charge is 0.495 e. The lowest BCUT2D eigenvalue weighted by atomic mass is 10.1. The van der Waals surface area contributed by atoms with Gasteiger partial charge >= 0.3 is 0 Å². The van der Waals surface area contributed by atoms with Crippen LogP contribution in [0.1, 0.15) is 19.4 Å². The Labute approximate surface area is 106 Å². The first-order chi connectivity index (χ1) is 8.61. The number of aromatic amines is 1. The summed E-state index contributed by atoms with van der Waals surface area (Å²) in [5, 5.41) is 3.93. The molecule has 0 aliphatic rings. The van der Waals surface area contributed by atoms with Gasteiger partial charge in [-0.15, -0.1) is 0 Å². The van der Waals surface area contributed by atoms with Crippen molar-refractivity contribution < 1.29 is 9.53 Å². The Hall–Kier alpha value is -1.97. The van der Waals surface area contributed by atoms with Crippen LogP contribution in [0.4, 0.5) is 0 Å². The number of carbonyl (C=O) groups is 1. The lowest BCUT2D eigenvalue weighted by molar-refractivity contribution is -0.120. The number of H-pyrrole nitrogens is 1. The van der Waals surface area contributed by atoms with Gasteiger partial charge in [-0.3, -0.25) is 4.79 Å². The lowest BCUT2D eigenvalue weighted by Gasteiger charge is -2.07. The van der Waals surface area contributed by atoms with E-state index >= 15 is 0 Å². The van der Waals surface area contributed by atoms with Crippen molar-refractivity contribution in [1.29, 1.82) is 0 Å². The number of fused-ring (bicyclic) bond motifs is 1. The van der Waals surface area contributed by atoms with Crippen LogP contribution in [0.5, 0.6) is 5.75 Å². The fraction of sp³-hybridized carbons (Fsp3) is 0.357. The van der Waals surface area contributed by atoms with E-state index in [1.54, 1.807) is 7.11 Å². The second kappa shape index (κ2) is 5.12. The molecule has 96 valence electrons. The zero-order chi connectivity index (χ0) is 13.1. The van der Waals surface area contributed by atoms with Crippen LogP contribution in [0.15, 0.2) is 24.4 Å². The third-order valence-electron chi connectivity index (χ3n) is 2.78. The molecule has 0 saturated heterocycles. The van der Waals surface area contributed by atoms with E-state index in [4.69, 9.17) is 4.74 Å². The number of hydrogen-bond acceptors (Lipinski definition) is 2. The number of aromatic nitrogens is 1. The van der Waals surface area contributed by atoms with E-state index in [0.29, 0.717) is 6.42 Å². The Balaban J connectivity index is 2.27. The molecule has 0 unspecified atom stereocenters. The van der Waals surface area contributed by atoms with E-state index in [1.807, 2.05) is 38.2 Å². The average molecular weight is 246 g/mol. The average Bonchev–Trinajstić information content (AvgIpc) is 2.71. The van der Waals surface area contributed by atoms with Crippen LogP contribution in [0.3, 0.4) is 0 Å². The number of hydrogen-bond donors (Lipinski definition) is 2. The molecular formula is C14H18N2O2. The second-order valence-electron chi connectivity index (χ2n) is 4.60. The summed E-state index contributed by atoms with van der Waals surface area (Å²) in [5.74, 6) is 0.830. The summed E-state index contributed by atoms with van der Waals surface area (Å²) in [6, 6.07) is 5.99. The first-order valence-corrected chi connectivity index (χ1v) is 6.04. The van der Waals surface area contributed by atoms with Crippen molar-refractivity contribution in [2.24, 2.45) is 0 Å². The Kier molecular flexibility index (Phi) is 3.55. The molecule has 0 atom stereocenters. The monoisotopic (exact) mass is 246 g/mol. The van der Waals surface area contributed by atoms with Crippen molar-refractivity contribution in [3.63, 3.8) is 0 Å². The number of rotatable bonds is 4. The molecule has 0 aliphatic carbocycles. The maximum atomic E-state index is 11.8. The fourth-order valence-corrected chi connectivity index (χ4v) is 2.05. The van der Waals surface area contributed by atoms with E-state index in [9.17, 15) is 4.79 Å². The molecule has 1 aromatic heterocycles. The number of methoxy groups -OCH3 is 1. The predicted octanol–water partition coefficient (Wildman–Crippen LogP) is 2.24. The van der Waals surface area contributed by atoms with Crippen LogP contribution in [0.25, 0.3) is 10.9 Å². The van der Waals surface area contributed by atoms with E-state index in [2.05, 4.69) is 10.3 Å². The highest BCUT2D eigenvalue weighted by molar-refractivity contribution is 5.92. The van der Waals surface area contributed by atoms with Gasteiger partial charge in [-0.25, -0.2) is 0 Å². The molecule has 0 radical (unpaired) electrons. The van der Waals surface area contributed by atoms with Crippen molar-refractivity contribution in [2.75, 3.05) is 7.11 Å². The minimum Gasteiger partial charge on any atom is -0.495 e. The van der Waals surface area contributed by atoms with Crippen LogP contribution < -0.4 is 10.1 Å². The molecule has 18 heavy (non-hydrogen) atoms. The van der Waals surface area contributed by atoms with Gasteiger partial charge < -0.3 is 15.0 Å². The van der Waals surface area contributed by atoms with Crippen molar-refractivity contribution in [1.82, 2.24) is 10.3 Å². The first kappa shape index (κ1) is 12.5. The summed E-state index contributed by atoms with van der Waals surface area (Å²) in [4.78, 5) is 14.9. The molecule has 1 aromatic carbocycles. The van der Waals surface area contributed by atoms with Crippen LogP contribution >= 0.6 is 0 Å². The first-order valence-electron chi connectivity index (χ1n) is 6.04. The molecular weight excluding hydrogens is 228 g/mol. The summed E-state index contributed by atoms with van der Waals surface area (Å²) < 4.78 is 5.28. The number of benzene rings is 1. The molecule has 0 spiro atoms. The maximum Gasteiger partial charge on any atom is 0.224 e. The Morgan fingerprint density at radius 3 is 2.89 bits per heavy atom. The van der Waals surface area contributed by atoms with E-state index in [-0.39, 0.29) is 11.9 Å². The molecule has 0 bridgehead atoms. The van der Waals surface area contributed by atoms with Gasteiger partial charge in [0.25, 0.3) is 0 Å². The van der Waals surface area contributed by atoms with Gasteiger partial charge in [-0.05, 0) is 25.5 Å². The summed E-state index contributed by atoms with van der Waals surface area (Å²) >= 11 is 0. The third kappa shape index (κ3) is 2.47. The van der Waals surface area contributed by atoms with Crippen molar-refractivity contribution in [3.8, 4) is 5.75 Å². The summed E-state index contributed by atoms with van der Waals surface area (Å²) in [6.45, 7) is 3.91. The van der Waals surface area contributed by atoms with Gasteiger partial charge in [0.05, 0.1) is 19.0 Å². The number of nitrogens with one attached hydrogen (secondary N) is 2. The van der Waals surface area contributed by atoms with E-state index in [1.165, 1.54) is 0 Å².